The fourth-order valence-corrected chi connectivity index (χ4v) is 2.60. The van der Waals surface area contributed by atoms with Crippen molar-refractivity contribution in [1.82, 2.24) is 10.6 Å². The van der Waals surface area contributed by atoms with E-state index in [2.05, 4.69) is 48.7 Å². The van der Waals surface area contributed by atoms with Crippen LogP contribution in [0, 0.1) is 12.8 Å². The summed E-state index contributed by atoms with van der Waals surface area (Å²) < 4.78 is 5.47. The van der Waals surface area contributed by atoms with Crippen molar-refractivity contribution >= 4 is 5.91 Å². The van der Waals surface area contributed by atoms with Crippen molar-refractivity contribution in [2.45, 2.75) is 39.3 Å². The summed E-state index contributed by atoms with van der Waals surface area (Å²) in [7, 11) is 0. The number of ether oxygens (including phenoxy) is 1. The van der Waals surface area contributed by atoms with Crippen LogP contribution in [0.4, 0.5) is 0 Å². The van der Waals surface area contributed by atoms with Crippen LogP contribution in [-0.4, -0.2) is 31.7 Å². The first kappa shape index (κ1) is 16.0. The molecule has 0 radical (unpaired) electrons. The zero-order valence-electron chi connectivity index (χ0n) is 13.2. The fourth-order valence-electron chi connectivity index (χ4n) is 2.60. The molecule has 0 aromatic heterocycles. The lowest BCUT2D eigenvalue weighted by molar-refractivity contribution is -0.126. The summed E-state index contributed by atoms with van der Waals surface area (Å²) in [6.45, 7) is 8.26. The van der Waals surface area contributed by atoms with Crippen molar-refractivity contribution in [3.8, 4) is 0 Å². The van der Waals surface area contributed by atoms with Gasteiger partial charge < -0.3 is 15.4 Å². The summed E-state index contributed by atoms with van der Waals surface area (Å²) in [4.78, 5) is 12.4. The van der Waals surface area contributed by atoms with Gasteiger partial charge in [0.25, 0.3) is 0 Å². The van der Waals surface area contributed by atoms with E-state index in [4.69, 9.17) is 4.74 Å². The third-order valence-electron chi connectivity index (χ3n) is 4.01. The van der Waals surface area contributed by atoms with Crippen LogP contribution < -0.4 is 10.6 Å². The lowest BCUT2D eigenvalue weighted by Crippen LogP contribution is -2.44. The molecular formula is C17H26N2O2. The largest absolute Gasteiger partial charge is 0.379 e. The number of amides is 1. The predicted octanol–water partition coefficient (Wildman–Crippen LogP) is 2.19. The zero-order valence-corrected chi connectivity index (χ0v) is 13.2. The Bertz CT molecular complexity index is 458. The van der Waals surface area contributed by atoms with Crippen LogP contribution in [0.15, 0.2) is 24.3 Å². The zero-order chi connectivity index (χ0) is 15.2. The average molecular weight is 290 g/mol. The number of carbonyl (C=O) groups is 1. The van der Waals surface area contributed by atoms with Gasteiger partial charge in [-0.1, -0.05) is 36.8 Å². The van der Waals surface area contributed by atoms with Crippen LogP contribution in [0.1, 0.15) is 37.4 Å². The number of hydrogen-bond acceptors (Lipinski definition) is 3. The van der Waals surface area contributed by atoms with Gasteiger partial charge >= 0.3 is 0 Å². The number of nitrogens with one attached hydrogen (secondary N) is 2. The van der Waals surface area contributed by atoms with Gasteiger partial charge in [-0.15, -0.1) is 0 Å². The van der Waals surface area contributed by atoms with Crippen LogP contribution in [0.3, 0.4) is 0 Å². The molecule has 0 bridgehead atoms. The van der Waals surface area contributed by atoms with Gasteiger partial charge in [-0.05, 0) is 32.4 Å². The highest BCUT2D eigenvalue weighted by atomic mass is 16.5. The molecule has 2 N–H and O–H groups in total. The molecule has 1 saturated heterocycles. The normalized spacial score (nSPS) is 23.0. The second-order valence-electron chi connectivity index (χ2n) is 5.85. The van der Waals surface area contributed by atoms with Crippen molar-refractivity contribution < 1.29 is 9.53 Å². The Morgan fingerprint density at radius 1 is 1.33 bits per heavy atom. The molecular weight excluding hydrogens is 264 g/mol. The summed E-state index contributed by atoms with van der Waals surface area (Å²) in [5, 5.41) is 6.50. The summed E-state index contributed by atoms with van der Waals surface area (Å²) in [6, 6.07) is 8.43. The Balaban J connectivity index is 1.92. The predicted molar refractivity (Wildman–Crippen MR) is 84.1 cm³/mol. The Morgan fingerprint density at radius 2 is 2.05 bits per heavy atom. The molecule has 4 nitrogen and oxygen atoms in total. The summed E-state index contributed by atoms with van der Waals surface area (Å²) >= 11 is 0. The molecule has 0 saturated carbocycles. The van der Waals surface area contributed by atoms with E-state index in [0.29, 0.717) is 13.2 Å². The molecule has 3 atom stereocenters. The second kappa shape index (κ2) is 7.57. The van der Waals surface area contributed by atoms with Crippen LogP contribution in [0.5, 0.6) is 0 Å². The topological polar surface area (TPSA) is 50.4 Å². The summed E-state index contributed by atoms with van der Waals surface area (Å²) in [6.07, 6.45) is 1.06. The number of benzene rings is 1. The number of rotatable bonds is 6. The molecule has 21 heavy (non-hydrogen) atoms. The van der Waals surface area contributed by atoms with E-state index in [-0.39, 0.29) is 23.9 Å². The molecule has 0 aliphatic carbocycles. The van der Waals surface area contributed by atoms with E-state index in [0.717, 1.165) is 18.5 Å². The Hall–Kier alpha value is -1.39. The van der Waals surface area contributed by atoms with Gasteiger partial charge in [-0.2, -0.15) is 0 Å². The average Bonchev–Trinajstić information content (AvgIpc) is 2.94. The van der Waals surface area contributed by atoms with Crippen molar-refractivity contribution in [3.05, 3.63) is 35.4 Å². The molecule has 1 aromatic carbocycles. The molecule has 1 aliphatic rings. The first-order valence-electron chi connectivity index (χ1n) is 7.80. The van der Waals surface area contributed by atoms with Crippen LogP contribution in [0.2, 0.25) is 0 Å². The first-order valence-corrected chi connectivity index (χ1v) is 7.80. The van der Waals surface area contributed by atoms with Gasteiger partial charge in [0.1, 0.15) is 0 Å². The Kier molecular flexibility index (Phi) is 5.76. The lowest BCUT2D eigenvalue weighted by Gasteiger charge is -2.21. The van der Waals surface area contributed by atoms with E-state index in [1.807, 2.05) is 6.92 Å². The van der Waals surface area contributed by atoms with E-state index in [1.54, 1.807) is 0 Å². The molecule has 1 heterocycles. The summed E-state index contributed by atoms with van der Waals surface area (Å²) in [5.74, 6) is -0.0152. The molecule has 4 heteroatoms. The van der Waals surface area contributed by atoms with Gasteiger partial charge in [0.05, 0.1) is 25.2 Å². The van der Waals surface area contributed by atoms with Crippen molar-refractivity contribution in [3.63, 3.8) is 0 Å². The van der Waals surface area contributed by atoms with Crippen LogP contribution in [0.25, 0.3) is 0 Å². The highest BCUT2D eigenvalue weighted by Crippen LogP contribution is 2.18. The van der Waals surface area contributed by atoms with Gasteiger partial charge in [0, 0.05) is 6.04 Å². The number of carbonyl (C=O) groups excluding carboxylic acids is 1. The molecule has 2 unspecified atom stereocenters. The van der Waals surface area contributed by atoms with E-state index >= 15 is 0 Å². The first-order chi connectivity index (χ1) is 10.1. The highest BCUT2D eigenvalue weighted by Gasteiger charge is 2.34. The van der Waals surface area contributed by atoms with Crippen molar-refractivity contribution in [2.75, 3.05) is 19.8 Å². The SMILES string of the molecule is CCCNC1COCC1C(=O)N[C@@H](C)c1ccc(C)cc1. The van der Waals surface area contributed by atoms with Gasteiger partial charge in [-0.3, -0.25) is 4.79 Å². The molecule has 1 aliphatic heterocycles. The molecule has 116 valence electrons. The third kappa shape index (κ3) is 4.29. The van der Waals surface area contributed by atoms with E-state index in [1.165, 1.54) is 5.56 Å². The quantitative estimate of drug-likeness (QED) is 0.844. The minimum absolute atomic E-state index is 0.0190. The molecule has 1 amide bonds. The van der Waals surface area contributed by atoms with Crippen molar-refractivity contribution in [1.29, 1.82) is 0 Å². The van der Waals surface area contributed by atoms with Crippen LogP contribution in [-0.2, 0) is 9.53 Å². The maximum Gasteiger partial charge on any atom is 0.227 e. The maximum atomic E-state index is 12.4. The van der Waals surface area contributed by atoms with Gasteiger partial charge in [-0.25, -0.2) is 0 Å². The van der Waals surface area contributed by atoms with Crippen LogP contribution >= 0.6 is 0 Å². The highest BCUT2D eigenvalue weighted by molar-refractivity contribution is 5.80. The third-order valence-corrected chi connectivity index (χ3v) is 4.01. The monoisotopic (exact) mass is 290 g/mol. The lowest BCUT2D eigenvalue weighted by atomic mass is 10.0. The number of aryl methyl sites for hydroxylation is 1. The molecule has 1 fully saturated rings. The molecule has 0 spiro atoms. The van der Waals surface area contributed by atoms with Gasteiger partial charge in [0.2, 0.25) is 5.91 Å². The Morgan fingerprint density at radius 3 is 2.71 bits per heavy atom. The fraction of sp³-hybridized carbons (Fsp3) is 0.588. The molecule has 2 rings (SSSR count). The van der Waals surface area contributed by atoms with E-state index in [9.17, 15) is 4.79 Å². The second-order valence-corrected chi connectivity index (χ2v) is 5.85. The maximum absolute atomic E-state index is 12.4. The van der Waals surface area contributed by atoms with Gasteiger partial charge in [0.15, 0.2) is 0 Å². The number of hydrogen-bond donors (Lipinski definition) is 2. The minimum atomic E-state index is -0.0931. The van der Waals surface area contributed by atoms with E-state index < -0.39 is 0 Å². The Labute approximate surface area is 127 Å². The minimum Gasteiger partial charge on any atom is -0.379 e. The standard InChI is InChI=1S/C17H26N2O2/c1-4-9-18-16-11-21-10-15(16)17(20)19-13(3)14-7-5-12(2)6-8-14/h5-8,13,15-16,18H,4,9-11H2,1-3H3,(H,19,20)/t13-,15?,16?/m0/s1. The smallest absolute Gasteiger partial charge is 0.227 e. The molecule has 1 aromatic rings. The summed E-state index contributed by atoms with van der Waals surface area (Å²) in [5.41, 5.74) is 2.36. The van der Waals surface area contributed by atoms with Crippen molar-refractivity contribution in [2.24, 2.45) is 5.92 Å².